The Labute approximate surface area is 141 Å². The van der Waals surface area contributed by atoms with E-state index in [1.54, 1.807) is 18.5 Å². The Bertz CT molecular complexity index is 1190. The van der Waals surface area contributed by atoms with E-state index in [2.05, 4.69) is 20.5 Å². The molecule has 5 aromatic rings. The fourth-order valence-electron chi connectivity index (χ4n) is 3.02. The molecule has 0 radical (unpaired) electrons. The number of tetrazole rings is 1. The third-order valence-corrected chi connectivity index (χ3v) is 4.15. The standard InChI is InChI=1S/C18H11FN6/c19-13-8-6-12(7-9-13)16-10-15-17(20-11-24-18(15)21-22-23-24)25(16)14-4-2-1-3-5-14/h1-11H. The molecular weight excluding hydrogens is 319 g/mol. The number of benzene rings is 2. The van der Waals surface area contributed by atoms with Gasteiger partial charge in [0.1, 0.15) is 12.1 Å². The molecule has 0 amide bonds. The first-order chi connectivity index (χ1) is 12.3. The number of para-hydroxylation sites is 1. The molecule has 0 unspecified atom stereocenters. The summed E-state index contributed by atoms with van der Waals surface area (Å²) in [5.74, 6) is -0.270. The molecule has 25 heavy (non-hydrogen) atoms. The molecule has 0 aliphatic carbocycles. The smallest absolute Gasteiger partial charge is 0.192 e. The molecule has 0 N–H and O–H groups in total. The van der Waals surface area contributed by atoms with E-state index in [9.17, 15) is 4.39 Å². The summed E-state index contributed by atoms with van der Waals surface area (Å²) in [4.78, 5) is 4.53. The Morgan fingerprint density at radius 2 is 1.68 bits per heavy atom. The van der Waals surface area contributed by atoms with Crippen molar-refractivity contribution in [2.45, 2.75) is 0 Å². The predicted molar refractivity (Wildman–Crippen MR) is 90.8 cm³/mol. The molecule has 0 aliphatic heterocycles. The van der Waals surface area contributed by atoms with Crippen molar-refractivity contribution in [1.82, 2.24) is 29.6 Å². The molecule has 0 bridgehead atoms. The summed E-state index contributed by atoms with van der Waals surface area (Å²) < 4.78 is 16.9. The van der Waals surface area contributed by atoms with Crippen molar-refractivity contribution in [3.8, 4) is 16.9 Å². The summed E-state index contributed by atoms with van der Waals surface area (Å²) >= 11 is 0. The number of halogens is 1. The third kappa shape index (κ3) is 2.09. The van der Waals surface area contributed by atoms with Gasteiger partial charge >= 0.3 is 0 Å². The van der Waals surface area contributed by atoms with Crippen LogP contribution in [0.4, 0.5) is 4.39 Å². The molecule has 0 saturated heterocycles. The lowest BCUT2D eigenvalue weighted by Crippen LogP contribution is -1.99. The van der Waals surface area contributed by atoms with Gasteiger partial charge in [-0.3, -0.25) is 4.57 Å². The highest BCUT2D eigenvalue weighted by molar-refractivity contribution is 5.95. The normalized spacial score (nSPS) is 11.4. The largest absolute Gasteiger partial charge is 0.294 e. The van der Waals surface area contributed by atoms with E-state index in [-0.39, 0.29) is 5.82 Å². The fourth-order valence-corrected chi connectivity index (χ4v) is 3.02. The van der Waals surface area contributed by atoms with Gasteiger partial charge in [0.2, 0.25) is 0 Å². The second-order valence-electron chi connectivity index (χ2n) is 5.64. The Kier molecular flexibility index (Phi) is 2.87. The first kappa shape index (κ1) is 13.8. The number of hydrogen-bond acceptors (Lipinski definition) is 4. The van der Waals surface area contributed by atoms with Crippen molar-refractivity contribution < 1.29 is 4.39 Å². The van der Waals surface area contributed by atoms with Gasteiger partial charge < -0.3 is 0 Å². The van der Waals surface area contributed by atoms with E-state index in [0.717, 1.165) is 28.0 Å². The first-order valence-corrected chi connectivity index (χ1v) is 7.71. The van der Waals surface area contributed by atoms with E-state index >= 15 is 0 Å². The summed E-state index contributed by atoms with van der Waals surface area (Å²) in [6, 6.07) is 18.3. The molecule has 120 valence electrons. The van der Waals surface area contributed by atoms with Crippen LogP contribution in [0.15, 0.2) is 67.0 Å². The highest BCUT2D eigenvalue weighted by Crippen LogP contribution is 2.31. The third-order valence-electron chi connectivity index (χ3n) is 4.15. The molecule has 5 rings (SSSR count). The van der Waals surface area contributed by atoms with Crippen molar-refractivity contribution in [3.63, 3.8) is 0 Å². The number of rotatable bonds is 2. The minimum absolute atomic E-state index is 0.270. The number of hydrogen-bond donors (Lipinski definition) is 0. The van der Waals surface area contributed by atoms with Crippen LogP contribution in [-0.2, 0) is 0 Å². The topological polar surface area (TPSA) is 60.9 Å². The van der Waals surface area contributed by atoms with Crippen molar-refractivity contribution >= 4 is 16.7 Å². The Morgan fingerprint density at radius 3 is 2.48 bits per heavy atom. The van der Waals surface area contributed by atoms with Crippen molar-refractivity contribution in [2.24, 2.45) is 0 Å². The van der Waals surface area contributed by atoms with Gasteiger partial charge in [-0.25, -0.2) is 9.37 Å². The van der Waals surface area contributed by atoms with Crippen molar-refractivity contribution in [2.75, 3.05) is 0 Å². The maximum atomic E-state index is 13.3. The number of fused-ring (bicyclic) bond motifs is 3. The van der Waals surface area contributed by atoms with Crippen LogP contribution in [0, 0.1) is 5.82 Å². The van der Waals surface area contributed by atoms with Crippen LogP contribution in [0.25, 0.3) is 33.6 Å². The van der Waals surface area contributed by atoms with Crippen molar-refractivity contribution in [1.29, 1.82) is 0 Å². The van der Waals surface area contributed by atoms with Crippen LogP contribution in [0.5, 0.6) is 0 Å². The molecule has 2 aromatic carbocycles. The van der Waals surface area contributed by atoms with Crippen LogP contribution < -0.4 is 0 Å². The van der Waals surface area contributed by atoms with Crippen LogP contribution >= 0.6 is 0 Å². The molecule has 0 aliphatic rings. The van der Waals surface area contributed by atoms with E-state index in [0.29, 0.717) is 5.65 Å². The van der Waals surface area contributed by atoms with Gasteiger partial charge in [-0.2, -0.15) is 4.52 Å². The lowest BCUT2D eigenvalue weighted by molar-refractivity contribution is 0.628. The molecular formula is C18H11FN6. The molecule has 0 spiro atoms. The molecule has 0 saturated carbocycles. The van der Waals surface area contributed by atoms with Gasteiger partial charge in [-0.05, 0) is 58.5 Å². The monoisotopic (exact) mass is 330 g/mol. The molecule has 3 aromatic heterocycles. The fraction of sp³-hybridized carbons (Fsp3) is 0. The summed E-state index contributed by atoms with van der Waals surface area (Å²) in [6.45, 7) is 0. The van der Waals surface area contributed by atoms with E-state index in [4.69, 9.17) is 0 Å². The Balaban J connectivity index is 1.90. The second-order valence-corrected chi connectivity index (χ2v) is 5.64. The highest BCUT2D eigenvalue weighted by atomic mass is 19.1. The predicted octanol–water partition coefficient (Wildman–Crippen LogP) is 3.27. The van der Waals surface area contributed by atoms with E-state index < -0.39 is 0 Å². The van der Waals surface area contributed by atoms with Gasteiger partial charge in [0.05, 0.1) is 11.1 Å². The van der Waals surface area contributed by atoms with Crippen LogP contribution in [0.2, 0.25) is 0 Å². The van der Waals surface area contributed by atoms with E-state index in [1.165, 1.54) is 16.6 Å². The van der Waals surface area contributed by atoms with Crippen LogP contribution in [0.3, 0.4) is 0 Å². The maximum Gasteiger partial charge on any atom is 0.192 e. The first-order valence-electron chi connectivity index (χ1n) is 7.71. The average molecular weight is 330 g/mol. The highest BCUT2D eigenvalue weighted by Gasteiger charge is 2.17. The zero-order valence-corrected chi connectivity index (χ0v) is 12.9. The summed E-state index contributed by atoms with van der Waals surface area (Å²) in [7, 11) is 0. The van der Waals surface area contributed by atoms with Crippen LogP contribution in [0.1, 0.15) is 0 Å². The summed E-state index contributed by atoms with van der Waals surface area (Å²) in [5.41, 5.74) is 4.11. The summed E-state index contributed by atoms with van der Waals surface area (Å²) in [6.07, 6.45) is 1.59. The summed E-state index contributed by atoms with van der Waals surface area (Å²) in [5, 5.41) is 12.5. The quantitative estimate of drug-likeness (QED) is 0.498. The average Bonchev–Trinajstić information content (AvgIpc) is 3.27. The minimum Gasteiger partial charge on any atom is -0.294 e. The molecule has 0 fully saturated rings. The maximum absolute atomic E-state index is 13.3. The number of aromatic nitrogens is 6. The Hall–Kier alpha value is -3.61. The molecule has 0 atom stereocenters. The zero-order chi connectivity index (χ0) is 16.8. The zero-order valence-electron chi connectivity index (χ0n) is 12.9. The van der Waals surface area contributed by atoms with Crippen molar-refractivity contribution in [3.05, 3.63) is 72.8 Å². The van der Waals surface area contributed by atoms with Gasteiger partial charge in [0, 0.05) is 5.69 Å². The van der Waals surface area contributed by atoms with Gasteiger partial charge in [0.15, 0.2) is 11.3 Å². The Morgan fingerprint density at radius 1 is 0.880 bits per heavy atom. The molecule has 7 heteroatoms. The van der Waals surface area contributed by atoms with Gasteiger partial charge in [-0.1, -0.05) is 18.2 Å². The van der Waals surface area contributed by atoms with E-state index in [1.807, 2.05) is 41.0 Å². The SMILES string of the molecule is Fc1ccc(-c2cc3c(ncn4nnnc34)n2-c2ccccc2)cc1. The second kappa shape index (κ2) is 5.20. The van der Waals surface area contributed by atoms with Crippen LogP contribution in [-0.4, -0.2) is 29.6 Å². The van der Waals surface area contributed by atoms with Gasteiger partial charge in [-0.15, -0.1) is 5.10 Å². The lowest BCUT2D eigenvalue weighted by Gasteiger charge is -2.10. The lowest BCUT2D eigenvalue weighted by atomic mass is 10.1. The minimum atomic E-state index is -0.270. The number of nitrogens with zero attached hydrogens (tertiary/aromatic N) is 6. The van der Waals surface area contributed by atoms with Gasteiger partial charge in [0.25, 0.3) is 0 Å². The molecule has 6 nitrogen and oxygen atoms in total. The molecule has 3 heterocycles.